The van der Waals surface area contributed by atoms with Gasteiger partial charge in [0.25, 0.3) is 0 Å². The summed E-state index contributed by atoms with van der Waals surface area (Å²) in [4.78, 5) is 11.7. The number of hydrazone groups is 1. The highest BCUT2D eigenvalue weighted by Gasteiger charge is 2.33. The Morgan fingerprint density at radius 1 is 1.15 bits per heavy atom. The molecule has 2 N–H and O–H groups in total. The highest BCUT2D eigenvalue weighted by Crippen LogP contribution is 2.34. The maximum atomic E-state index is 13.1. The van der Waals surface area contributed by atoms with E-state index in [1.54, 1.807) is 31.2 Å². The number of amides is 1. The molecule has 0 aliphatic rings. The van der Waals surface area contributed by atoms with E-state index in [-0.39, 0.29) is 23.2 Å². The Balaban J connectivity index is 2.38. The van der Waals surface area contributed by atoms with Crippen LogP contribution in [0.1, 0.15) is 18.1 Å². The summed E-state index contributed by atoms with van der Waals surface area (Å²) >= 11 is 6.08. The van der Waals surface area contributed by atoms with Gasteiger partial charge in [-0.25, -0.2) is 4.79 Å². The molecule has 1 amide bonds. The fraction of sp³-hybridized carbons (Fsp3) is 0.176. The summed E-state index contributed by atoms with van der Waals surface area (Å²) < 4.78 is 44.0. The van der Waals surface area contributed by atoms with Gasteiger partial charge in [0.1, 0.15) is 0 Å². The number of ether oxygens (including phenoxy) is 1. The molecular formula is C17H15ClF3N3O2. The van der Waals surface area contributed by atoms with Crippen molar-refractivity contribution >= 4 is 29.2 Å². The standard InChI is InChI=1S/C17H15ClF3N3O2/c1-2-26-16(25)22-15(11-7-3-5-9-13(11)18)24-23-14-10-6-4-8-12(14)17(19,20)21/h3-10,23H,2H2,1H3,(H,22,24,25). The lowest BCUT2D eigenvalue weighted by molar-refractivity contribution is -0.136. The summed E-state index contributed by atoms with van der Waals surface area (Å²) in [6.45, 7) is 1.73. The first-order chi connectivity index (χ1) is 12.3. The van der Waals surface area contributed by atoms with Gasteiger partial charge in [0.05, 0.1) is 22.9 Å². The summed E-state index contributed by atoms with van der Waals surface area (Å²) in [5.41, 5.74) is 1.49. The van der Waals surface area contributed by atoms with E-state index in [1.807, 2.05) is 0 Å². The third-order valence-electron chi connectivity index (χ3n) is 3.15. The number of alkyl carbamates (subject to hydrolysis) is 1. The number of amidine groups is 1. The number of hydrogen-bond acceptors (Lipinski definition) is 4. The predicted octanol–water partition coefficient (Wildman–Crippen LogP) is 4.88. The molecule has 138 valence electrons. The fourth-order valence-electron chi connectivity index (χ4n) is 2.02. The lowest BCUT2D eigenvalue weighted by Crippen LogP contribution is -2.32. The van der Waals surface area contributed by atoms with Crippen LogP contribution in [0.5, 0.6) is 0 Å². The molecule has 0 aromatic heterocycles. The van der Waals surface area contributed by atoms with Crippen LogP contribution in [0.3, 0.4) is 0 Å². The number of benzene rings is 2. The lowest BCUT2D eigenvalue weighted by Gasteiger charge is -2.14. The van der Waals surface area contributed by atoms with Crippen molar-refractivity contribution in [2.24, 2.45) is 5.10 Å². The number of rotatable bonds is 4. The first kappa shape index (κ1) is 19.6. The molecule has 0 bridgehead atoms. The Labute approximate surface area is 152 Å². The number of halogens is 4. The zero-order chi connectivity index (χ0) is 19.2. The van der Waals surface area contributed by atoms with Crippen molar-refractivity contribution in [3.05, 3.63) is 64.7 Å². The van der Waals surface area contributed by atoms with Crippen molar-refractivity contribution in [2.45, 2.75) is 13.1 Å². The molecule has 0 heterocycles. The molecule has 0 atom stereocenters. The van der Waals surface area contributed by atoms with Gasteiger partial charge in [-0.2, -0.15) is 18.3 Å². The van der Waals surface area contributed by atoms with Crippen LogP contribution in [0.4, 0.5) is 23.7 Å². The average Bonchev–Trinajstić information content (AvgIpc) is 2.59. The van der Waals surface area contributed by atoms with Crippen molar-refractivity contribution < 1.29 is 22.7 Å². The van der Waals surface area contributed by atoms with Crippen LogP contribution in [0.2, 0.25) is 5.02 Å². The summed E-state index contributed by atoms with van der Waals surface area (Å²) in [7, 11) is 0. The van der Waals surface area contributed by atoms with Gasteiger partial charge < -0.3 is 4.74 Å². The van der Waals surface area contributed by atoms with Gasteiger partial charge in [0.2, 0.25) is 0 Å². The number of alkyl halides is 3. The highest BCUT2D eigenvalue weighted by atomic mass is 35.5. The molecule has 0 saturated carbocycles. The molecule has 26 heavy (non-hydrogen) atoms. The van der Waals surface area contributed by atoms with E-state index in [0.717, 1.165) is 6.07 Å². The van der Waals surface area contributed by atoms with Gasteiger partial charge in [0.15, 0.2) is 5.84 Å². The zero-order valence-corrected chi connectivity index (χ0v) is 14.4. The Hall–Kier alpha value is -2.74. The molecule has 9 heteroatoms. The molecule has 2 aromatic rings. The van der Waals surface area contributed by atoms with Crippen LogP contribution in [0.15, 0.2) is 53.6 Å². The predicted molar refractivity (Wildman–Crippen MR) is 93.2 cm³/mol. The number of nitrogens with zero attached hydrogens (tertiary/aromatic N) is 1. The van der Waals surface area contributed by atoms with Gasteiger partial charge in [0, 0.05) is 5.56 Å². The van der Waals surface area contributed by atoms with Crippen LogP contribution >= 0.6 is 11.6 Å². The molecule has 5 nitrogen and oxygen atoms in total. The topological polar surface area (TPSA) is 62.7 Å². The smallest absolute Gasteiger partial charge is 0.418 e. The van der Waals surface area contributed by atoms with E-state index < -0.39 is 17.8 Å². The third kappa shape index (κ3) is 5.13. The second-order valence-electron chi connectivity index (χ2n) is 4.94. The average molecular weight is 386 g/mol. The van der Waals surface area contributed by atoms with Crippen molar-refractivity contribution in [3.8, 4) is 0 Å². The molecule has 2 rings (SSSR count). The van der Waals surface area contributed by atoms with Gasteiger partial charge in [-0.15, -0.1) is 0 Å². The van der Waals surface area contributed by atoms with Gasteiger partial charge >= 0.3 is 12.3 Å². The third-order valence-corrected chi connectivity index (χ3v) is 3.48. The molecule has 0 aliphatic heterocycles. The number of carbonyl (C=O) groups excluding carboxylic acids is 1. The monoisotopic (exact) mass is 385 g/mol. The summed E-state index contributed by atoms with van der Waals surface area (Å²) in [5, 5.41) is 6.51. The number of anilines is 1. The van der Waals surface area contributed by atoms with Crippen LogP contribution in [-0.2, 0) is 10.9 Å². The van der Waals surface area contributed by atoms with E-state index in [9.17, 15) is 18.0 Å². The first-order valence-corrected chi connectivity index (χ1v) is 7.89. The van der Waals surface area contributed by atoms with Gasteiger partial charge in [-0.1, -0.05) is 35.9 Å². The largest absolute Gasteiger partial charge is 0.450 e. The van der Waals surface area contributed by atoms with E-state index >= 15 is 0 Å². The van der Waals surface area contributed by atoms with Crippen LogP contribution in [0, 0.1) is 0 Å². The second-order valence-corrected chi connectivity index (χ2v) is 5.35. The summed E-state index contributed by atoms with van der Waals surface area (Å²) in [6, 6.07) is 11.3. The van der Waals surface area contributed by atoms with Crippen LogP contribution in [0.25, 0.3) is 0 Å². The Kier molecular flexibility index (Phi) is 6.46. The van der Waals surface area contributed by atoms with E-state index in [2.05, 4.69) is 15.8 Å². The van der Waals surface area contributed by atoms with Crippen LogP contribution in [-0.4, -0.2) is 18.5 Å². The molecule has 0 unspecified atom stereocenters. The van der Waals surface area contributed by atoms with E-state index in [4.69, 9.17) is 16.3 Å². The number of carbonyl (C=O) groups is 1. The minimum Gasteiger partial charge on any atom is -0.450 e. The van der Waals surface area contributed by atoms with Gasteiger partial charge in [-0.05, 0) is 31.2 Å². The Morgan fingerprint density at radius 2 is 1.81 bits per heavy atom. The van der Waals surface area contributed by atoms with Crippen LogP contribution < -0.4 is 10.7 Å². The normalized spacial score (nSPS) is 11.8. The number of nitrogens with one attached hydrogen (secondary N) is 2. The molecule has 0 aliphatic carbocycles. The summed E-state index contributed by atoms with van der Waals surface area (Å²) in [6.07, 6.45) is -5.37. The molecular weight excluding hydrogens is 371 g/mol. The molecule has 2 aromatic carbocycles. The maximum Gasteiger partial charge on any atom is 0.418 e. The molecule has 0 fully saturated rings. The first-order valence-electron chi connectivity index (χ1n) is 7.51. The van der Waals surface area contributed by atoms with Gasteiger partial charge in [-0.3, -0.25) is 10.7 Å². The van der Waals surface area contributed by atoms with E-state index in [1.165, 1.54) is 18.2 Å². The molecule has 0 radical (unpaired) electrons. The van der Waals surface area contributed by atoms with Crippen molar-refractivity contribution in [1.29, 1.82) is 0 Å². The highest BCUT2D eigenvalue weighted by molar-refractivity contribution is 6.34. The van der Waals surface area contributed by atoms with Crippen molar-refractivity contribution in [2.75, 3.05) is 12.0 Å². The maximum absolute atomic E-state index is 13.1. The number of para-hydroxylation sites is 1. The molecule has 0 spiro atoms. The van der Waals surface area contributed by atoms with E-state index in [0.29, 0.717) is 5.56 Å². The minimum atomic E-state index is -4.56. The lowest BCUT2D eigenvalue weighted by atomic mass is 10.2. The van der Waals surface area contributed by atoms with Crippen molar-refractivity contribution in [3.63, 3.8) is 0 Å². The Bertz CT molecular complexity index is 810. The quantitative estimate of drug-likeness (QED) is 0.448. The zero-order valence-electron chi connectivity index (χ0n) is 13.6. The minimum absolute atomic E-state index is 0.0778. The SMILES string of the molecule is CCOC(=O)N/C(=N\Nc1ccccc1C(F)(F)F)c1ccccc1Cl. The molecule has 0 saturated heterocycles. The number of hydrogen-bond donors (Lipinski definition) is 2. The summed E-state index contributed by atoms with van der Waals surface area (Å²) in [5.74, 6) is -0.0778. The Morgan fingerprint density at radius 3 is 2.46 bits per heavy atom. The van der Waals surface area contributed by atoms with Crippen molar-refractivity contribution in [1.82, 2.24) is 5.32 Å². The fourth-order valence-corrected chi connectivity index (χ4v) is 2.24. The second kappa shape index (κ2) is 8.57.